The first-order valence-corrected chi connectivity index (χ1v) is 11.2. The van der Waals surface area contributed by atoms with Crippen molar-refractivity contribution >= 4 is 33.4 Å². The molecule has 0 bridgehead atoms. The highest BCUT2D eigenvalue weighted by molar-refractivity contribution is 7.99. The fourth-order valence-corrected chi connectivity index (χ4v) is 4.44. The van der Waals surface area contributed by atoms with E-state index in [2.05, 4.69) is 14.9 Å². The van der Waals surface area contributed by atoms with Crippen LogP contribution in [-0.4, -0.2) is 40.0 Å². The molecule has 1 aromatic heterocycles. The molecule has 0 atom stereocenters. The molecule has 0 spiro atoms. The third-order valence-corrected chi connectivity index (χ3v) is 6.53. The first kappa shape index (κ1) is 20.9. The van der Waals surface area contributed by atoms with Crippen LogP contribution in [0.25, 0.3) is 11.4 Å². The largest absolute Gasteiger partial charge is 0.481 e. The summed E-state index contributed by atoms with van der Waals surface area (Å²) >= 11 is 1.32. The van der Waals surface area contributed by atoms with Crippen molar-refractivity contribution in [2.45, 2.75) is 23.4 Å². The SMILES string of the molecule is Cc1ccc(S(=O)(=O)Nc2ccc(-c3nnc(SCCC(=O)O)n3C)cc2)cc1. The van der Waals surface area contributed by atoms with Crippen molar-refractivity contribution in [1.29, 1.82) is 0 Å². The number of rotatable bonds is 8. The fraction of sp³-hybridized carbons (Fsp3) is 0.211. The van der Waals surface area contributed by atoms with Crippen LogP contribution in [0, 0.1) is 6.92 Å². The van der Waals surface area contributed by atoms with Gasteiger partial charge in [-0.05, 0) is 43.3 Å². The Bertz CT molecular complexity index is 1110. The van der Waals surface area contributed by atoms with Gasteiger partial charge in [-0.25, -0.2) is 8.42 Å². The number of carboxylic acid groups (broad SMARTS) is 1. The number of anilines is 1. The summed E-state index contributed by atoms with van der Waals surface area (Å²) < 4.78 is 29.3. The van der Waals surface area contributed by atoms with Crippen molar-refractivity contribution in [1.82, 2.24) is 14.8 Å². The molecule has 29 heavy (non-hydrogen) atoms. The molecular weight excluding hydrogens is 412 g/mol. The molecule has 0 aliphatic carbocycles. The number of sulfonamides is 1. The molecule has 0 saturated heterocycles. The molecule has 1 heterocycles. The molecule has 0 radical (unpaired) electrons. The lowest BCUT2D eigenvalue weighted by molar-refractivity contribution is -0.136. The standard InChI is InChI=1S/C19H20N4O4S2/c1-13-3-9-16(10-4-13)29(26,27)22-15-7-5-14(6-8-15)18-20-21-19(23(18)2)28-12-11-17(24)25/h3-10,22H,11-12H2,1-2H3,(H,24,25). The van der Waals surface area contributed by atoms with E-state index in [1.165, 1.54) is 11.8 Å². The molecule has 3 aromatic rings. The van der Waals surface area contributed by atoms with E-state index in [0.717, 1.165) is 11.1 Å². The Morgan fingerprint density at radius 1 is 1.10 bits per heavy atom. The van der Waals surface area contributed by atoms with Crippen LogP contribution < -0.4 is 4.72 Å². The first-order chi connectivity index (χ1) is 13.8. The summed E-state index contributed by atoms with van der Waals surface area (Å²) in [7, 11) is -1.87. The highest BCUT2D eigenvalue weighted by Crippen LogP contribution is 2.25. The Hall–Kier alpha value is -2.85. The number of hydrogen-bond acceptors (Lipinski definition) is 6. The van der Waals surface area contributed by atoms with Gasteiger partial charge in [-0.3, -0.25) is 9.52 Å². The maximum absolute atomic E-state index is 12.5. The van der Waals surface area contributed by atoms with E-state index in [4.69, 9.17) is 5.11 Å². The smallest absolute Gasteiger partial charge is 0.304 e. The third-order valence-electron chi connectivity index (χ3n) is 4.11. The van der Waals surface area contributed by atoms with Crippen LogP contribution in [0.3, 0.4) is 0 Å². The Morgan fingerprint density at radius 3 is 2.38 bits per heavy atom. The number of benzene rings is 2. The minimum Gasteiger partial charge on any atom is -0.481 e. The summed E-state index contributed by atoms with van der Waals surface area (Å²) in [6.45, 7) is 1.89. The number of carboxylic acids is 1. The summed E-state index contributed by atoms with van der Waals surface area (Å²) in [6.07, 6.45) is 0.0443. The molecule has 0 aliphatic rings. The maximum atomic E-state index is 12.5. The van der Waals surface area contributed by atoms with E-state index in [1.54, 1.807) is 60.1 Å². The predicted octanol–water partition coefficient (Wildman–Crippen LogP) is 3.16. The monoisotopic (exact) mass is 432 g/mol. The van der Waals surface area contributed by atoms with E-state index in [1.807, 2.05) is 6.92 Å². The molecule has 10 heteroatoms. The summed E-state index contributed by atoms with van der Waals surface area (Å²) in [5, 5.41) is 17.6. The van der Waals surface area contributed by atoms with Gasteiger partial charge in [0.15, 0.2) is 11.0 Å². The van der Waals surface area contributed by atoms with Gasteiger partial charge < -0.3 is 9.67 Å². The molecule has 0 amide bonds. The van der Waals surface area contributed by atoms with Gasteiger partial charge in [0.05, 0.1) is 11.3 Å². The highest BCUT2D eigenvalue weighted by Gasteiger charge is 2.15. The lowest BCUT2D eigenvalue weighted by atomic mass is 10.2. The Labute approximate surface area is 173 Å². The summed E-state index contributed by atoms with van der Waals surface area (Å²) in [5.74, 6) is 0.153. The molecule has 8 nitrogen and oxygen atoms in total. The Morgan fingerprint density at radius 2 is 1.76 bits per heavy atom. The third kappa shape index (κ3) is 5.15. The topological polar surface area (TPSA) is 114 Å². The lowest BCUT2D eigenvalue weighted by Crippen LogP contribution is -2.12. The molecule has 0 saturated carbocycles. The average Bonchev–Trinajstić information content (AvgIpc) is 3.03. The van der Waals surface area contributed by atoms with Crippen LogP contribution in [0.4, 0.5) is 5.69 Å². The van der Waals surface area contributed by atoms with Gasteiger partial charge in [-0.2, -0.15) is 0 Å². The number of aromatic nitrogens is 3. The second-order valence-electron chi connectivity index (χ2n) is 6.35. The number of thioether (sulfide) groups is 1. The quantitative estimate of drug-likeness (QED) is 0.526. The Kier molecular flexibility index (Phi) is 6.23. The maximum Gasteiger partial charge on any atom is 0.304 e. The van der Waals surface area contributed by atoms with Crippen LogP contribution >= 0.6 is 11.8 Å². The second kappa shape index (κ2) is 8.66. The van der Waals surface area contributed by atoms with Gasteiger partial charge in [0.2, 0.25) is 0 Å². The minimum absolute atomic E-state index is 0.0443. The molecule has 0 fully saturated rings. The van der Waals surface area contributed by atoms with E-state index in [0.29, 0.717) is 22.4 Å². The normalized spacial score (nSPS) is 11.4. The van der Waals surface area contributed by atoms with E-state index in [9.17, 15) is 13.2 Å². The van der Waals surface area contributed by atoms with Gasteiger partial charge in [-0.15, -0.1) is 10.2 Å². The van der Waals surface area contributed by atoms with E-state index < -0.39 is 16.0 Å². The molecular formula is C19H20N4O4S2. The zero-order valence-corrected chi connectivity index (χ0v) is 17.5. The molecule has 3 rings (SSSR count). The number of nitrogens with one attached hydrogen (secondary N) is 1. The van der Waals surface area contributed by atoms with Crippen molar-refractivity contribution in [3.63, 3.8) is 0 Å². The number of carbonyl (C=O) groups is 1. The summed E-state index contributed by atoms with van der Waals surface area (Å²) in [6, 6.07) is 13.4. The van der Waals surface area contributed by atoms with Gasteiger partial charge in [-0.1, -0.05) is 29.5 Å². The number of aryl methyl sites for hydroxylation is 1. The van der Waals surface area contributed by atoms with E-state index >= 15 is 0 Å². The van der Waals surface area contributed by atoms with Crippen molar-refractivity contribution in [2.75, 3.05) is 10.5 Å². The Balaban J connectivity index is 1.73. The zero-order valence-electron chi connectivity index (χ0n) is 15.9. The second-order valence-corrected chi connectivity index (χ2v) is 9.10. The summed E-state index contributed by atoms with van der Waals surface area (Å²) in [5.41, 5.74) is 2.19. The lowest BCUT2D eigenvalue weighted by Gasteiger charge is -2.09. The summed E-state index contributed by atoms with van der Waals surface area (Å²) in [4.78, 5) is 10.8. The van der Waals surface area contributed by atoms with Crippen LogP contribution in [0.15, 0.2) is 58.6 Å². The number of nitrogens with zero attached hydrogens (tertiary/aromatic N) is 3. The van der Waals surface area contributed by atoms with Crippen molar-refractivity contribution in [3.8, 4) is 11.4 Å². The number of hydrogen-bond donors (Lipinski definition) is 2. The van der Waals surface area contributed by atoms with Crippen LogP contribution in [-0.2, 0) is 21.9 Å². The molecule has 0 aliphatic heterocycles. The minimum atomic E-state index is -3.66. The fourth-order valence-electron chi connectivity index (χ4n) is 2.54. The molecule has 2 N–H and O–H groups in total. The van der Waals surface area contributed by atoms with Crippen LogP contribution in [0.1, 0.15) is 12.0 Å². The van der Waals surface area contributed by atoms with Crippen LogP contribution in [0.5, 0.6) is 0 Å². The number of aliphatic carboxylic acids is 1. The molecule has 152 valence electrons. The molecule has 0 unspecified atom stereocenters. The van der Waals surface area contributed by atoms with Crippen molar-refractivity contribution in [3.05, 3.63) is 54.1 Å². The molecule has 2 aromatic carbocycles. The average molecular weight is 433 g/mol. The highest BCUT2D eigenvalue weighted by atomic mass is 32.2. The first-order valence-electron chi connectivity index (χ1n) is 8.70. The van der Waals surface area contributed by atoms with Gasteiger partial charge in [0.1, 0.15) is 0 Å². The predicted molar refractivity (Wildman–Crippen MR) is 111 cm³/mol. The van der Waals surface area contributed by atoms with Crippen molar-refractivity contribution in [2.24, 2.45) is 7.05 Å². The van der Waals surface area contributed by atoms with Gasteiger partial charge >= 0.3 is 5.97 Å². The van der Waals surface area contributed by atoms with Crippen molar-refractivity contribution < 1.29 is 18.3 Å². The zero-order chi connectivity index (χ0) is 21.0. The van der Waals surface area contributed by atoms with E-state index in [-0.39, 0.29) is 11.3 Å². The van der Waals surface area contributed by atoms with Gasteiger partial charge in [0.25, 0.3) is 10.0 Å². The van der Waals surface area contributed by atoms with Crippen LogP contribution in [0.2, 0.25) is 0 Å². The van der Waals surface area contributed by atoms with Gasteiger partial charge in [0, 0.05) is 24.1 Å².